The number of hydrogen-bond donors (Lipinski definition) is 1. The average Bonchev–Trinajstić information content (AvgIpc) is 2.58. The lowest BCUT2D eigenvalue weighted by molar-refractivity contribution is 0.460. The Labute approximate surface area is 128 Å². The summed E-state index contributed by atoms with van der Waals surface area (Å²) in [7, 11) is 0. The van der Waals surface area contributed by atoms with Gasteiger partial charge < -0.3 is 5.32 Å². The van der Waals surface area contributed by atoms with Crippen molar-refractivity contribution in [1.29, 1.82) is 0 Å². The van der Waals surface area contributed by atoms with E-state index >= 15 is 0 Å². The second-order valence-electron chi connectivity index (χ2n) is 5.72. The molecule has 2 heteroatoms. The minimum atomic E-state index is -0.141. The van der Waals surface area contributed by atoms with Gasteiger partial charge in [0.05, 0.1) is 0 Å². The van der Waals surface area contributed by atoms with Crippen LogP contribution >= 0.6 is 0 Å². The maximum Gasteiger partial charge on any atom is 0.123 e. The second kappa shape index (κ2) is 8.78. The standard InChI is InChI=1S/C11H14FN.C8H12/c12-11-3-1-9(2-4-11)10-5-7-13-8-6-10;1-2-8-6-4-3-5-7-8/h1-4,10,13H,5-8H2;3-4,6H,2,5,7H2,1H3. The van der Waals surface area contributed by atoms with Crippen LogP contribution in [0.4, 0.5) is 4.39 Å². The van der Waals surface area contributed by atoms with Gasteiger partial charge >= 0.3 is 0 Å². The largest absolute Gasteiger partial charge is 0.317 e. The smallest absolute Gasteiger partial charge is 0.123 e. The molecule has 0 bridgehead atoms. The molecule has 114 valence electrons. The van der Waals surface area contributed by atoms with Crippen molar-refractivity contribution in [2.75, 3.05) is 13.1 Å². The molecule has 0 unspecified atom stereocenters. The van der Waals surface area contributed by atoms with E-state index in [0.717, 1.165) is 13.1 Å². The molecule has 0 spiro atoms. The molecule has 1 aliphatic carbocycles. The first-order valence-electron chi connectivity index (χ1n) is 8.10. The summed E-state index contributed by atoms with van der Waals surface area (Å²) in [4.78, 5) is 0. The van der Waals surface area contributed by atoms with Crippen LogP contribution < -0.4 is 5.32 Å². The van der Waals surface area contributed by atoms with Gasteiger partial charge in [-0.1, -0.05) is 42.9 Å². The first-order valence-corrected chi connectivity index (χ1v) is 8.10. The molecule has 0 amide bonds. The van der Waals surface area contributed by atoms with Crippen molar-refractivity contribution in [3.8, 4) is 0 Å². The molecule has 0 aromatic heterocycles. The molecule has 1 aliphatic heterocycles. The van der Waals surface area contributed by atoms with Gasteiger partial charge in [-0.2, -0.15) is 0 Å². The SMILES string of the molecule is CCC1=CC=CCC1.Fc1ccc(C2CCNCC2)cc1. The number of rotatable bonds is 2. The minimum Gasteiger partial charge on any atom is -0.317 e. The maximum absolute atomic E-state index is 12.6. The molecule has 21 heavy (non-hydrogen) atoms. The van der Waals surface area contributed by atoms with Crippen molar-refractivity contribution in [2.24, 2.45) is 0 Å². The lowest BCUT2D eigenvalue weighted by Gasteiger charge is -2.22. The number of nitrogens with one attached hydrogen (secondary N) is 1. The predicted molar refractivity (Wildman–Crippen MR) is 88.0 cm³/mol. The molecule has 1 aromatic rings. The van der Waals surface area contributed by atoms with Gasteiger partial charge in [0.25, 0.3) is 0 Å². The summed E-state index contributed by atoms with van der Waals surface area (Å²) in [6.07, 6.45) is 12.7. The summed E-state index contributed by atoms with van der Waals surface area (Å²) in [6, 6.07) is 6.92. The first-order chi connectivity index (χ1) is 10.3. The molecule has 2 aliphatic rings. The zero-order valence-corrected chi connectivity index (χ0v) is 12.9. The lowest BCUT2D eigenvalue weighted by atomic mass is 9.90. The molecule has 0 radical (unpaired) electrons. The summed E-state index contributed by atoms with van der Waals surface area (Å²) in [5, 5.41) is 3.32. The van der Waals surface area contributed by atoms with Gasteiger partial charge in [-0.15, -0.1) is 0 Å². The number of allylic oxidation sites excluding steroid dienone is 4. The van der Waals surface area contributed by atoms with Crippen molar-refractivity contribution >= 4 is 0 Å². The highest BCUT2D eigenvalue weighted by Gasteiger charge is 2.14. The van der Waals surface area contributed by atoms with Crippen LogP contribution in [0.3, 0.4) is 0 Å². The van der Waals surface area contributed by atoms with Gasteiger partial charge in [0.2, 0.25) is 0 Å². The number of halogens is 1. The maximum atomic E-state index is 12.6. The summed E-state index contributed by atoms with van der Waals surface area (Å²) < 4.78 is 12.6. The Bertz CT molecular complexity index is 467. The van der Waals surface area contributed by atoms with Gasteiger partial charge in [-0.3, -0.25) is 0 Å². The Morgan fingerprint density at radius 1 is 1.14 bits per heavy atom. The Kier molecular flexibility index (Phi) is 6.68. The fourth-order valence-electron chi connectivity index (χ4n) is 2.84. The molecule has 1 nitrogen and oxygen atoms in total. The van der Waals surface area contributed by atoms with Gasteiger partial charge in [0.15, 0.2) is 0 Å². The van der Waals surface area contributed by atoms with E-state index in [1.165, 1.54) is 37.7 Å². The Hall–Kier alpha value is -1.41. The fraction of sp³-hybridized carbons (Fsp3) is 0.474. The third kappa shape index (κ3) is 5.47. The monoisotopic (exact) mass is 287 g/mol. The first kappa shape index (κ1) is 16.0. The number of piperidine rings is 1. The zero-order chi connectivity index (χ0) is 14.9. The lowest BCUT2D eigenvalue weighted by Crippen LogP contribution is -2.26. The van der Waals surface area contributed by atoms with E-state index < -0.39 is 0 Å². The van der Waals surface area contributed by atoms with Gasteiger partial charge in [-0.25, -0.2) is 4.39 Å². The molecule has 0 atom stereocenters. The molecule has 0 saturated carbocycles. The molecular formula is C19H26FN. The van der Waals surface area contributed by atoms with E-state index in [9.17, 15) is 4.39 Å². The summed E-state index contributed by atoms with van der Waals surface area (Å²) >= 11 is 0. The summed E-state index contributed by atoms with van der Waals surface area (Å²) in [5.41, 5.74) is 2.87. The molecular weight excluding hydrogens is 261 g/mol. The molecule has 1 fully saturated rings. The molecule has 1 heterocycles. The van der Waals surface area contributed by atoms with E-state index in [2.05, 4.69) is 30.5 Å². The van der Waals surface area contributed by atoms with Crippen LogP contribution in [0.2, 0.25) is 0 Å². The highest BCUT2D eigenvalue weighted by Crippen LogP contribution is 2.24. The molecule has 3 rings (SSSR count). The van der Waals surface area contributed by atoms with E-state index in [-0.39, 0.29) is 5.82 Å². The molecule has 1 saturated heterocycles. The summed E-state index contributed by atoms with van der Waals surface area (Å²) in [6.45, 7) is 4.38. The topological polar surface area (TPSA) is 12.0 Å². The fourth-order valence-corrected chi connectivity index (χ4v) is 2.84. The van der Waals surface area contributed by atoms with Crippen molar-refractivity contribution in [3.63, 3.8) is 0 Å². The van der Waals surface area contributed by atoms with Crippen molar-refractivity contribution in [2.45, 2.75) is 44.9 Å². The zero-order valence-electron chi connectivity index (χ0n) is 12.9. The van der Waals surface area contributed by atoms with Crippen LogP contribution in [0.5, 0.6) is 0 Å². The highest BCUT2D eigenvalue weighted by molar-refractivity contribution is 5.21. The van der Waals surface area contributed by atoms with Crippen molar-refractivity contribution < 1.29 is 4.39 Å². The molecule has 1 N–H and O–H groups in total. The predicted octanol–water partition coefficient (Wildman–Crippen LogP) is 4.97. The van der Waals surface area contributed by atoms with Crippen LogP contribution in [0.1, 0.15) is 50.5 Å². The van der Waals surface area contributed by atoms with E-state index in [4.69, 9.17) is 0 Å². The third-order valence-electron chi connectivity index (χ3n) is 4.23. The van der Waals surface area contributed by atoms with Crippen LogP contribution in [-0.4, -0.2) is 13.1 Å². The van der Waals surface area contributed by atoms with Crippen molar-refractivity contribution in [1.82, 2.24) is 5.32 Å². The second-order valence-corrected chi connectivity index (χ2v) is 5.72. The van der Waals surface area contributed by atoms with Gasteiger partial charge in [-0.05, 0) is 68.8 Å². The number of benzene rings is 1. The average molecular weight is 287 g/mol. The minimum absolute atomic E-state index is 0.141. The van der Waals surface area contributed by atoms with E-state index in [1.807, 2.05) is 12.1 Å². The van der Waals surface area contributed by atoms with Crippen LogP contribution in [0, 0.1) is 5.82 Å². The Morgan fingerprint density at radius 2 is 1.86 bits per heavy atom. The quantitative estimate of drug-likeness (QED) is 0.810. The van der Waals surface area contributed by atoms with Crippen molar-refractivity contribution in [3.05, 3.63) is 59.4 Å². The number of hydrogen-bond acceptors (Lipinski definition) is 1. The van der Waals surface area contributed by atoms with Gasteiger partial charge in [0, 0.05) is 0 Å². The summed E-state index contributed by atoms with van der Waals surface area (Å²) in [5.74, 6) is 0.486. The third-order valence-corrected chi connectivity index (χ3v) is 4.23. The normalized spacial score (nSPS) is 18.7. The Balaban J connectivity index is 0.000000173. The van der Waals surface area contributed by atoms with E-state index in [0.29, 0.717) is 5.92 Å². The van der Waals surface area contributed by atoms with E-state index in [1.54, 1.807) is 17.7 Å². The van der Waals surface area contributed by atoms with Crippen LogP contribution in [-0.2, 0) is 0 Å². The van der Waals surface area contributed by atoms with Crippen LogP contribution in [0.15, 0.2) is 48.1 Å². The Morgan fingerprint density at radius 3 is 2.38 bits per heavy atom. The highest BCUT2D eigenvalue weighted by atomic mass is 19.1. The van der Waals surface area contributed by atoms with Gasteiger partial charge in [0.1, 0.15) is 5.82 Å². The molecule has 1 aromatic carbocycles. The van der Waals surface area contributed by atoms with Crippen LogP contribution in [0.25, 0.3) is 0 Å².